The summed E-state index contributed by atoms with van der Waals surface area (Å²) in [6.07, 6.45) is 6.34. The van der Waals surface area contributed by atoms with Crippen molar-refractivity contribution in [2.45, 2.75) is 24.7 Å². The fraction of sp³-hybridized carbons (Fsp3) is 0.438. The van der Waals surface area contributed by atoms with Crippen molar-refractivity contribution in [2.75, 3.05) is 11.9 Å². The first-order chi connectivity index (χ1) is 10.5. The van der Waals surface area contributed by atoms with E-state index in [1.165, 1.54) is 12.1 Å². The zero-order chi connectivity index (χ0) is 15.7. The summed E-state index contributed by atoms with van der Waals surface area (Å²) >= 11 is 0. The second-order valence-corrected chi connectivity index (χ2v) is 7.67. The largest absolute Gasteiger partial charge is 0.326 e. The van der Waals surface area contributed by atoms with Crippen molar-refractivity contribution in [1.29, 1.82) is 0 Å². The Bertz CT molecular complexity index is 695. The van der Waals surface area contributed by atoms with Gasteiger partial charge in [0.05, 0.1) is 4.90 Å². The van der Waals surface area contributed by atoms with Crippen LogP contribution in [-0.2, 0) is 14.8 Å². The Morgan fingerprint density at radius 1 is 1.18 bits per heavy atom. The summed E-state index contributed by atoms with van der Waals surface area (Å²) in [6.45, 7) is 2.08. The van der Waals surface area contributed by atoms with Gasteiger partial charge in [0.1, 0.15) is 0 Å². The van der Waals surface area contributed by atoms with E-state index < -0.39 is 10.0 Å². The molecule has 5 nitrogen and oxygen atoms in total. The molecule has 1 aromatic rings. The highest BCUT2D eigenvalue weighted by atomic mass is 32.2. The molecule has 0 radical (unpaired) electrons. The number of benzene rings is 1. The van der Waals surface area contributed by atoms with E-state index >= 15 is 0 Å². The molecule has 2 N–H and O–H groups in total. The van der Waals surface area contributed by atoms with Gasteiger partial charge in [0.2, 0.25) is 15.9 Å². The van der Waals surface area contributed by atoms with Gasteiger partial charge in [0, 0.05) is 18.2 Å². The van der Waals surface area contributed by atoms with Gasteiger partial charge in [-0.15, -0.1) is 0 Å². The number of sulfonamides is 1. The molecule has 1 saturated carbocycles. The first-order valence-electron chi connectivity index (χ1n) is 7.58. The molecule has 2 bridgehead atoms. The number of carbonyl (C=O) groups excluding carboxylic acids is 1. The number of rotatable bonds is 5. The lowest BCUT2D eigenvalue weighted by atomic mass is 9.93. The summed E-state index contributed by atoms with van der Waals surface area (Å²) in [5.74, 6) is 0.978. The number of amides is 1. The molecular weight excluding hydrogens is 300 g/mol. The highest BCUT2D eigenvalue weighted by molar-refractivity contribution is 7.89. The van der Waals surface area contributed by atoms with E-state index in [1.54, 1.807) is 19.1 Å². The fourth-order valence-corrected chi connectivity index (χ4v) is 4.35. The SMILES string of the molecule is CCNS(=O)(=O)c1ccc(NC(=O)C2CC3C=CC2C3)cc1. The van der Waals surface area contributed by atoms with Crippen LogP contribution in [0.4, 0.5) is 5.69 Å². The minimum atomic E-state index is -3.45. The fourth-order valence-electron chi connectivity index (χ4n) is 3.31. The zero-order valence-electron chi connectivity index (χ0n) is 12.5. The van der Waals surface area contributed by atoms with Gasteiger partial charge in [0.25, 0.3) is 0 Å². The molecule has 1 amide bonds. The molecule has 1 fully saturated rings. The number of fused-ring (bicyclic) bond motifs is 2. The molecule has 3 unspecified atom stereocenters. The molecule has 6 heteroatoms. The van der Waals surface area contributed by atoms with Crippen molar-refractivity contribution >= 4 is 21.6 Å². The van der Waals surface area contributed by atoms with E-state index in [2.05, 4.69) is 22.2 Å². The molecule has 0 aromatic heterocycles. The van der Waals surface area contributed by atoms with E-state index in [9.17, 15) is 13.2 Å². The lowest BCUT2D eigenvalue weighted by molar-refractivity contribution is -0.120. The van der Waals surface area contributed by atoms with Crippen LogP contribution in [0.3, 0.4) is 0 Å². The predicted octanol–water partition coefficient (Wildman–Crippen LogP) is 2.14. The normalized spacial score (nSPS) is 26.3. The Labute approximate surface area is 130 Å². The van der Waals surface area contributed by atoms with Crippen LogP contribution in [0, 0.1) is 17.8 Å². The summed E-state index contributed by atoms with van der Waals surface area (Å²) in [4.78, 5) is 12.5. The van der Waals surface area contributed by atoms with Crippen LogP contribution in [0.2, 0.25) is 0 Å². The molecule has 3 rings (SSSR count). The Balaban J connectivity index is 1.66. The third-order valence-corrected chi connectivity index (χ3v) is 5.94. The molecule has 0 spiro atoms. The van der Waals surface area contributed by atoms with Gasteiger partial charge in [0.15, 0.2) is 0 Å². The first kappa shape index (κ1) is 15.2. The topological polar surface area (TPSA) is 75.3 Å². The third-order valence-electron chi connectivity index (χ3n) is 4.38. The van der Waals surface area contributed by atoms with Crippen molar-refractivity contribution in [2.24, 2.45) is 17.8 Å². The molecule has 1 aromatic carbocycles. The molecule has 0 heterocycles. The minimum absolute atomic E-state index is 0.0270. The third kappa shape index (κ3) is 2.94. The van der Waals surface area contributed by atoms with Crippen LogP contribution in [0.5, 0.6) is 0 Å². The summed E-state index contributed by atoms with van der Waals surface area (Å²) in [6, 6.07) is 6.28. The maximum absolute atomic E-state index is 12.3. The van der Waals surface area contributed by atoms with Crippen LogP contribution in [0.25, 0.3) is 0 Å². The summed E-state index contributed by atoms with van der Waals surface area (Å²) in [5, 5.41) is 2.89. The number of hydrogen-bond donors (Lipinski definition) is 2. The Morgan fingerprint density at radius 3 is 2.45 bits per heavy atom. The average Bonchev–Trinajstić information content (AvgIpc) is 3.10. The van der Waals surface area contributed by atoms with Gasteiger partial charge in [-0.25, -0.2) is 13.1 Å². The zero-order valence-corrected chi connectivity index (χ0v) is 13.3. The predicted molar refractivity (Wildman–Crippen MR) is 84.8 cm³/mol. The number of carbonyl (C=O) groups is 1. The van der Waals surface area contributed by atoms with Crippen LogP contribution in [0.1, 0.15) is 19.8 Å². The molecule has 2 aliphatic rings. The van der Waals surface area contributed by atoms with Crippen molar-refractivity contribution in [3.05, 3.63) is 36.4 Å². The summed E-state index contributed by atoms with van der Waals surface area (Å²) in [5.41, 5.74) is 0.632. The second-order valence-electron chi connectivity index (χ2n) is 5.90. The van der Waals surface area contributed by atoms with E-state index in [0.717, 1.165) is 12.8 Å². The minimum Gasteiger partial charge on any atom is -0.326 e. The molecule has 22 heavy (non-hydrogen) atoms. The Hall–Kier alpha value is -1.66. The number of allylic oxidation sites excluding steroid dienone is 2. The highest BCUT2D eigenvalue weighted by Crippen LogP contribution is 2.43. The van der Waals surface area contributed by atoms with E-state index in [-0.39, 0.29) is 16.7 Å². The maximum atomic E-state index is 12.3. The van der Waals surface area contributed by atoms with Gasteiger partial charge in [-0.3, -0.25) is 4.79 Å². The van der Waals surface area contributed by atoms with Crippen LogP contribution >= 0.6 is 0 Å². The number of hydrogen-bond acceptors (Lipinski definition) is 3. The number of anilines is 1. The monoisotopic (exact) mass is 320 g/mol. The molecule has 0 saturated heterocycles. The van der Waals surface area contributed by atoms with Gasteiger partial charge >= 0.3 is 0 Å². The molecule has 0 aliphatic heterocycles. The van der Waals surface area contributed by atoms with E-state index in [4.69, 9.17) is 0 Å². The second kappa shape index (κ2) is 5.85. The molecule has 118 valence electrons. The molecular formula is C16H20N2O3S. The summed E-state index contributed by atoms with van der Waals surface area (Å²) in [7, 11) is -3.45. The van der Waals surface area contributed by atoms with E-state index in [0.29, 0.717) is 24.1 Å². The standard InChI is InChI=1S/C16H20N2O3S/c1-2-17-22(20,21)14-7-5-13(6-8-14)18-16(19)15-10-11-3-4-12(15)9-11/h3-8,11-12,15,17H,2,9-10H2,1H3,(H,18,19). The van der Waals surface area contributed by atoms with Crippen molar-refractivity contribution in [1.82, 2.24) is 4.72 Å². The lowest BCUT2D eigenvalue weighted by Gasteiger charge is -2.17. The van der Waals surface area contributed by atoms with Gasteiger partial charge in [-0.1, -0.05) is 19.1 Å². The Morgan fingerprint density at radius 2 is 1.91 bits per heavy atom. The smallest absolute Gasteiger partial charge is 0.240 e. The van der Waals surface area contributed by atoms with Crippen molar-refractivity contribution in [3.63, 3.8) is 0 Å². The quantitative estimate of drug-likeness (QED) is 0.816. The van der Waals surface area contributed by atoms with Crippen molar-refractivity contribution in [3.8, 4) is 0 Å². The van der Waals surface area contributed by atoms with Gasteiger partial charge in [-0.2, -0.15) is 0 Å². The van der Waals surface area contributed by atoms with Crippen LogP contribution < -0.4 is 10.0 Å². The van der Waals surface area contributed by atoms with Gasteiger partial charge < -0.3 is 5.32 Å². The highest BCUT2D eigenvalue weighted by Gasteiger charge is 2.39. The molecule has 3 atom stereocenters. The lowest BCUT2D eigenvalue weighted by Crippen LogP contribution is -2.26. The van der Waals surface area contributed by atoms with Crippen LogP contribution in [0.15, 0.2) is 41.3 Å². The van der Waals surface area contributed by atoms with Gasteiger partial charge in [-0.05, 0) is 48.9 Å². The number of nitrogens with one attached hydrogen (secondary N) is 2. The summed E-state index contributed by atoms with van der Waals surface area (Å²) < 4.78 is 26.1. The molecule has 2 aliphatic carbocycles. The van der Waals surface area contributed by atoms with Crippen molar-refractivity contribution < 1.29 is 13.2 Å². The van der Waals surface area contributed by atoms with E-state index in [1.807, 2.05) is 0 Å². The first-order valence-corrected chi connectivity index (χ1v) is 9.07. The maximum Gasteiger partial charge on any atom is 0.240 e. The Kier molecular flexibility index (Phi) is 4.06. The average molecular weight is 320 g/mol. The van der Waals surface area contributed by atoms with Crippen LogP contribution in [-0.4, -0.2) is 20.9 Å².